The predicted molar refractivity (Wildman–Crippen MR) is 170 cm³/mol. The molecule has 8 nitrogen and oxygen atoms in total. The van der Waals surface area contributed by atoms with Gasteiger partial charge >= 0.3 is 5.97 Å². The number of thiol groups is 1. The van der Waals surface area contributed by atoms with Crippen molar-refractivity contribution in [2.45, 2.75) is 31.8 Å². The van der Waals surface area contributed by atoms with Crippen molar-refractivity contribution in [2.75, 3.05) is 25.1 Å². The van der Waals surface area contributed by atoms with Crippen molar-refractivity contribution >= 4 is 33.5 Å². The van der Waals surface area contributed by atoms with E-state index in [0.29, 0.717) is 52.3 Å². The second-order valence-corrected chi connectivity index (χ2v) is 11.7. The van der Waals surface area contributed by atoms with E-state index in [0.717, 1.165) is 35.3 Å². The molecule has 0 bridgehead atoms. The molecule has 0 spiro atoms. The summed E-state index contributed by atoms with van der Waals surface area (Å²) in [5, 5.41) is 0.595. The number of carbonyl (C=O) groups excluding carboxylic acids is 1. The Labute approximate surface area is 257 Å². The zero-order valence-electron chi connectivity index (χ0n) is 24.5. The normalized spacial score (nSPS) is 12.8. The molecule has 0 amide bonds. The molecule has 1 aliphatic rings. The quantitative estimate of drug-likeness (QED) is 0.121. The first-order valence-electron chi connectivity index (χ1n) is 14.5. The van der Waals surface area contributed by atoms with E-state index in [1.165, 1.54) is 11.4 Å². The minimum absolute atomic E-state index is 0.206. The summed E-state index contributed by atoms with van der Waals surface area (Å²) in [7, 11) is 0.00823. The maximum Gasteiger partial charge on any atom is 0.342 e. The number of carbonyl (C=O) groups is 1. The van der Waals surface area contributed by atoms with Crippen LogP contribution in [0.3, 0.4) is 0 Å². The first-order chi connectivity index (χ1) is 21.4. The van der Waals surface area contributed by atoms with E-state index >= 15 is 0 Å². The molecule has 5 aromatic rings. The zero-order valence-corrected chi connectivity index (χ0v) is 25.4. The lowest BCUT2D eigenvalue weighted by Crippen LogP contribution is -2.25. The van der Waals surface area contributed by atoms with E-state index in [-0.39, 0.29) is 12.5 Å². The molecule has 1 fully saturated rings. The van der Waals surface area contributed by atoms with Crippen LogP contribution in [0.2, 0.25) is 0 Å². The molecule has 6 rings (SSSR count). The molecule has 0 aliphatic heterocycles. The van der Waals surface area contributed by atoms with Gasteiger partial charge in [-0.05, 0) is 84.3 Å². The van der Waals surface area contributed by atoms with Crippen molar-refractivity contribution in [3.63, 3.8) is 0 Å². The van der Waals surface area contributed by atoms with E-state index in [9.17, 15) is 13.2 Å². The van der Waals surface area contributed by atoms with E-state index in [2.05, 4.69) is 0 Å². The van der Waals surface area contributed by atoms with Gasteiger partial charge < -0.3 is 18.6 Å². The van der Waals surface area contributed by atoms with Gasteiger partial charge in [-0.2, -0.15) is 0 Å². The van der Waals surface area contributed by atoms with Gasteiger partial charge in [-0.3, -0.25) is 4.31 Å². The van der Waals surface area contributed by atoms with E-state index in [4.69, 9.17) is 18.6 Å². The molecule has 226 valence electrons. The van der Waals surface area contributed by atoms with Gasteiger partial charge in [0.15, 0.2) is 0 Å². The van der Waals surface area contributed by atoms with Crippen LogP contribution in [0.15, 0.2) is 95.4 Å². The van der Waals surface area contributed by atoms with Crippen molar-refractivity contribution in [3.8, 4) is 22.8 Å². The molecule has 44 heavy (non-hydrogen) atoms. The number of hydrogen-bond donors (Lipinski definition) is 1. The average Bonchev–Trinajstić information content (AvgIpc) is 3.84. The van der Waals surface area contributed by atoms with Crippen LogP contribution >= 0.6 is 0 Å². The first-order valence-corrected chi connectivity index (χ1v) is 15.6. The summed E-state index contributed by atoms with van der Waals surface area (Å²) >= 11 is 0. The Bertz CT molecular complexity index is 1830. The Hall–Kier alpha value is -4.76. The highest BCUT2D eigenvalue weighted by molar-refractivity contribution is 7.74. The minimum Gasteiger partial charge on any atom is -0.497 e. The number of nitrogens with zero attached hydrogens (tertiary/aromatic N) is 1. The van der Waals surface area contributed by atoms with E-state index in [1.807, 2.05) is 84.9 Å². The second kappa shape index (κ2) is 12.9. The number of ether oxygens (including phenoxy) is 3. The molecule has 0 saturated heterocycles. The van der Waals surface area contributed by atoms with Gasteiger partial charge in [0.2, 0.25) is 10.9 Å². The summed E-state index contributed by atoms with van der Waals surface area (Å²) < 4.78 is 49.3. The smallest absolute Gasteiger partial charge is 0.342 e. The Morgan fingerprint density at radius 3 is 2.23 bits per heavy atom. The predicted octanol–water partition coefficient (Wildman–Crippen LogP) is 6.93. The summed E-state index contributed by atoms with van der Waals surface area (Å²) in [5.74, 6) is 1.46. The molecule has 0 atom stereocenters. The Morgan fingerprint density at radius 2 is 1.59 bits per heavy atom. The maximum absolute atomic E-state index is 13.1. The zero-order chi connectivity index (χ0) is 30.6. The summed E-state index contributed by atoms with van der Waals surface area (Å²) in [6, 6.07) is 28.4. The Kier molecular flexibility index (Phi) is 8.56. The first kappa shape index (κ1) is 29.3. The van der Waals surface area contributed by atoms with Crippen molar-refractivity contribution < 1.29 is 31.8 Å². The van der Waals surface area contributed by atoms with Crippen LogP contribution in [0.4, 0.5) is 5.69 Å². The van der Waals surface area contributed by atoms with Crippen LogP contribution in [0, 0.1) is 0 Å². The van der Waals surface area contributed by atoms with Crippen molar-refractivity contribution in [1.29, 1.82) is 0 Å². The highest BCUT2D eigenvalue weighted by Gasteiger charge is 2.32. The highest BCUT2D eigenvalue weighted by atomic mass is 32.2. The lowest BCUT2D eigenvalue weighted by molar-refractivity contribution is 0.0603. The monoisotopic (exact) mass is 611 g/mol. The second-order valence-electron chi connectivity index (χ2n) is 10.7. The van der Waals surface area contributed by atoms with Gasteiger partial charge in [0, 0.05) is 23.6 Å². The molecule has 1 aromatic heterocycles. The fraction of sp³-hybridized carbons (Fsp3) is 0.229. The SMILES string of the molecule is COC(=O)c1c(-c2ccc(OCc3ccccc3)cc2)oc2cc(N(CCc3ccc(OC)cc3)[SH](=O)=O)c(C3CC3)cc12. The van der Waals surface area contributed by atoms with Gasteiger partial charge in [-0.25, -0.2) is 13.2 Å². The van der Waals surface area contributed by atoms with Gasteiger partial charge in [-0.1, -0.05) is 42.5 Å². The van der Waals surface area contributed by atoms with Gasteiger partial charge in [-0.15, -0.1) is 0 Å². The third kappa shape index (κ3) is 6.28. The number of benzene rings is 4. The van der Waals surface area contributed by atoms with Crippen molar-refractivity contribution in [2.24, 2.45) is 0 Å². The third-order valence-electron chi connectivity index (χ3n) is 7.86. The standard InChI is InChI=1S/C35H33NO7S/c1-40-27-14-8-23(9-15-27)18-19-36(44(38)39)31-21-32-30(20-29(31)25-10-11-25)33(35(37)41-2)34(43-32)26-12-16-28(17-13-26)42-22-24-6-4-3-5-7-24/h3-9,12-17,20-21,25,44H,10-11,18-19,22H2,1-2H3. The van der Waals surface area contributed by atoms with Crippen LogP contribution in [0.5, 0.6) is 11.5 Å². The molecule has 1 saturated carbocycles. The fourth-order valence-corrected chi connectivity index (χ4v) is 5.97. The summed E-state index contributed by atoms with van der Waals surface area (Å²) in [5.41, 5.74) is 4.91. The number of hydrogen-bond acceptors (Lipinski definition) is 7. The van der Waals surface area contributed by atoms with Crippen molar-refractivity contribution in [3.05, 3.63) is 113 Å². The van der Waals surface area contributed by atoms with Crippen LogP contribution in [0.1, 0.15) is 45.8 Å². The molecule has 1 aliphatic carbocycles. The number of anilines is 1. The van der Waals surface area contributed by atoms with Crippen LogP contribution in [-0.2, 0) is 28.7 Å². The molecule has 0 radical (unpaired) electrons. The number of methoxy groups -OCH3 is 2. The molecule has 4 aromatic carbocycles. The minimum atomic E-state index is -2.94. The number of fused-ring (bicyclic) bond motifs is 1. The number of esters is 1. The lowest BCUT2D eigenvalue weighted by atomic mass is 10.0. The molecule has 9 heteroatoms. The van der Waals surface area contributed by atoms with Gasteiger partial charge in [0.05, 0.1) is 19.9 Å². The fourth-order valence-electron chi connectivity index (χ4n) is 5.36. The largest absolute Gasteiger partial charge is 0.497 e. The third-order valence-corrected chi connectivity index (χ3v) is 8.67. The maximum atomic E-state index is 13.1. The van der Waals surface area contributed by atoms with Gasteiger partial charge in [0.25, 0.3) is 0 Å². The number of rotatable bonds is 12. The van der Waals surface area contributed by atoms with E-state index in [1.54, 1.807) is 13.2 Å². The molecular weight excluding hydrogens is 578 g/mol. The highest BCUT2D eigenvalue weighted by Crippen LogP contribution is 2.48. The van der Waals surface area contributed by atoms with Crippen LogP contribution < -0.4 is 13.8 Å². The van der Waals surface area contributed by atoms with E-state index < -0.39 is 16.9 Å². The topological polar surface area (TPSA) is 95.3 Å². The van der Waals surface area contributed by atoms with Gasteiger partial charge in [0.1, 0.15) is 35.0 Å². The summed E-state index contributed by atoms with van der Waals surface area (Å²) in [4.78, 5) is 13.1. The number of furan rings is 1. The molecular formula is C35H33NO7S. The van der Waals surface area contributed by atoms with Crippen molar-refractivity contribution in [1.82, 2.24) is 0 Å². The van der Waals surface area contributed by atoms with Crippen LogP contribution in [-0.4, -0.2) is 35.2 Å². The Balaban J connectivity index is 1.34. The molecule has 0 unspecified atom stereocenters. The average molecular weight is 612 g/mol. The summed E-state index contributed by atoms with van der Waals surface area (Å²) in [6.07, 6.45) is 2.41. The lowest BCUT2D eigenvalue weighted by Gasteiger charge is -2.21. The molecule has 0 N–H and O–H groups in total. The molecule has 1 heterocycles. The Morgan fingerprint density at radius 1 is 0.886 bits per heavy atom. The summed E-state index contributed by atoms with van der Waals surface area (Å²) in [6.45, 7) is 0.694. The van der Waals surface area contributed by atoms with Crippen LogP contribution in [0.25, 0.3) is 22.3 Å².